The van der Waals surface area contributed by atoms with Crippen LogP contribution in [0.15, 0.2) is 0 Å². The molecule has 2 N–H and O–H groups in total. The van der Waals surface area contributed by atoms with E-state index in [4.69, 9.17) is 5.11 Å². The van der Waals surface area contributed by atoms with Crippen LogP contribution in [-0.2, 0) is 4.79 Å². The van der Waals surface area contributed by atoms with Gasteiger partial charge in [0.1, 0.15) is 0 Å². The molecule has 1 heterocycles. The number of carbonyl (C=O) groups is 1. The molecular weight excluding hydrogens is 168 g/mol. The van der Waals surface area contributed by atoms with E-state index in [0.29, 0.717) is 13.0 Å². The lowest BCUT2D eigenvalue weighted by atomic mass is 10.3. The maximum atomic E-state index is 11.1. The molecule has 4 nitrogen and oxygen atoms in total. The molecule has 1 aliphatic heterocycles. The monoisotopic (exact) mass is 186 g/mol. The molecule has 0 saturated carbocycles. The predicted molar refractivity (Wildman–Crippen MR) is 50.4 cm³/mol. The van der Waals surface area contributed by atoms with Gasteiger partial charge < -0.3 is 15.3 Å². The first-order valence-electron chi connectivity index (χ1n) is 4.93. The summed E-state index contributed by atoms with van der Waals surface area (Å²) in [7, 11) is 0. The molecule has 0 bridgehead atoms. The van der Waals surface area contributed by atoms with Crippen LogP contribution in [0, 0.1) is 0 Å². The van der Waals surface area contributed by atoms with Crippen LogP contribution in [0.4, 0.5) is 0 Å². The summed E-state index contributed by atoms with van der Waals surface area (Å²) in [4.78, 5) is 13.4. The second-order valence-electron chi connectivity index (χ2n) is 3.37. The summed E-state index contributed by atoms with van der Waals surface area (Å²) in [6.07, 6.45) is 3.08. The molecule has 0 unspecified atom stereocenters. The van der Waals surface area contributed by atoms with Crippen molar-refractivity contribution in [3.8, 4) is 0 Å². The zero-order valence-corrected chi connectivity index (χ0v) is 7.96. The lowest BCUT2D eigenvalue weighted by molar-refractivity contribution is -0.121. The Morgan fingerprint density at radius 1 is 1.38 bits per heavy atom. The summed E-state index contributed by atoms with van der Waals surface area (Å²) >= 11 is 0. The van der Waals surface area contributed by atoms with E-state index in [2.05, 4.69) is 10.2 Å². The van der Waals surface area contributed by atoms with Crippen molar-refractivity contribution in [2.24, 2.45) is 0 Å². The summed E-state index contributed by atoms with van der Waals surface area (Å²) in [6, 6.07) is 0. The van der Waals surface area contributed by atoms with Crippen LogP contribution >= 0.6 is 0 Å². The van der Waals surface area contributed by atoms with Gasteiger partial charge in [0.05, 0.1) is 6.61 Å². The van der Waals surface area contributed by atoms with E-state index in [1.807, 2.05) is 0 Å². The molecule has 4 heteroatoms. The van der Waals surface area contributed by atoms with Crippen molar-refractivity contribution in [1.82, 2.24) is 10.2 Å². The summed E-state index contributed by atoms with van der Waals surface area (Å²) in [5.74, 6) is 0.0425. The fourth-order valence-electron chi connectivity index (χ4n) is 1.55. The van der Waals surface area contributed by atoms with Crippen LogP contribution < -0.4 is 5.32 Å². The molecule has 0 aliphatic carbocycles. The largest absolute Gasteiger partial charge is 0.395 e. The zero-order valence-electron chi connectivity index (χ0n) is 7.96. The molecule has 0 aromatic carbocycles. The fraction of sp³-hybridized carbons (Fsp3) is 0.889. The van der Waals surface area contributed by atoms with Gasteiger partial charge in [0.2, 0.25) is 5.91 Å². The number of rotatable bonds is 5. The molecule has 0 aromatic rings. The Morgan fingerprint density at radius 3 is 2.69 bits per heavy atom. The fourth-order valence-corrected chi connectivity index (χ4v) is 1.55. The molecule has 1 fully saturated rings. The topological polar surface area (TPSA) is 52.6 Å². The average molecular weight is 186 g/mol. The Bertz CT molecular complexity index is 156. The molecule has 76 valence electrons. The number of hydrogen-bond acceptors (Lipinski definition) is 3. The third-order valence-corrected chi connectivity index (χ3v) is 2.29. The van der Waals surface area contributed by atoms with Crippen molar-refractivity contribution < 1.29 is 9.90 Å². The van der Waals surface area contributed by atoms with Gasteiger partial charge in [-0.1, -0.05) is 0 Å². The summed E-state index contributed by atoms with van der Waals surface area (Å²) < 4.78 is 0. The smallest absolute Gasteiger partial charge is 0.221 e. The molecule has 13 heavy (non-hydrogen) atoms. The van der Waals surface area contributed by atoms with E-state index in [0.717, 1.165) is 19.6 Å². The lowest BCUT2D eigenvalue weighted by Gasteiger charge is -2.13. The SMILES string of the molecule is O=C(CCN1CCCC1)NCCO. The number of hydrogen-bond donors (Lipinski definition) is 2. The number of likely N-dealkylation sites (tertiary alicyclic amines) is 1. The van der Waals surface area contributed by atoms with Gasteiger partial charge in [0.15, 0.2) is 0 Å². The number of nitrogens with one attached hydrogen (secondary N) is 1. The van der Waals surface area contributed by atoms with E-state index in [1.165, 1.54) is 12.8 Å². The number of aliphatic hydroxyl groups is 1. The van der Waals surface area contributed by atoms with E-state index >= 15 is 0 Å². The van der Waals surface area contributed by atoms with Gasteiger partial charge in [-0.15, -0.1) is 0 Å². The Morgan fingerprint density at radius 2 is 2.08 bits per heavy atom. The summed E-state index contributed by atoms with van der Waals surface area (Å²) in [5, 5.41) is 11.1. The molecular formula is C9H18N2O2. The molecule has 1 saturated heterocycles. The van der Waals surface area contributed by atoms with Crippen molar-refractivity contribution in [3.05, 3.63) is 0 Å². The van der Waals surface area contributed by atoms with Gasteiger partial charge in [0.25, 0.3) is 0 Å². The Labute approximate surface area is 78.9 Å². The molecule has 0 aromatic heterocycles. The van der Waals surface area contributed by atoms with Crippen LogP contribution in [0.3, 0.4) is 0 Å². The van der Waals surface area contributed by atoms with Crippen LogP contribution in [0.1, 0.15) is 19.3 Å². The van der Waals surface area contributed by atoms with Crippen molar-refractivity contribution in [2.75, 3.05) is 32.8 Å². The number of aliphatic hydroxyl groups excluding tert-OH is 1. The minimum atomic E-state index is 0.0233. The highest BCUT2D eigenvalue weighted by Crippen LogP contribution is 2.06. The van der Waals surface area contributed by atoms with E-state index in [-0.39, 0.29) is 12.5 Å². The highest BCUT2D eigenvalue weighted by atomic mass is 16.3. The summed E-state index contributed by atoms with van der Waals surface area (Å²) in [6.45, 7) is 3.52. The number of amides is 1. The first kappa shape index (κ1) is 10.5. The summed E-state index contributed by atoms with van der Waals surface area (Å²) in [5.41, 5.74) is 0. The maximum absolute atomic E-state index is 11.1. The molecule has 0 radical (unpaired) electrons. The van der Waals surface area contributed by atoms with Gasteiger partial charge in [-0.05, 0) is 25.9 Å². The van der Waals surface area contributed by atoms with E-state index < -0.39 is 0 Å². The lowest BCUT2D eigenvalue weighted by Crippen LogP contribution is -2.30. The third-order valence-electron chi connectivity index (χ3n) is 2.29. The van der Waals surface area contributed by atoms with Crippen LogP contribution in [0.5, 0.6) is 0 Å². The quantitative estimate of drug-likeness (QED) is 0.613. The Kier molecular flexibility index (Phi) is 4.78. The zero-order chi connectivity index (χ0) is 9.52. The van der Waals surface area contributed by atoms with Crippen molar-refractivity contribution >= 4 is 5.91 Å². The first-order valence-corrected chi connectivity index (χ1v) is 4.93. The van der Waals surface area contributed by atoms with Crippen LogP contribution in [-0.4, -0.2) is 48.7 Å². The second-order valence-corrected chi connectivity index (χ2v) is 3.37. The van der Waals surface area contributed by atoms with Crippen molar-refractivity contribution in [3.63, 3.8) is 0 Å². The van der Waals surface area contributed by atoms with E-state index in [9.17, 15) is 4.79 Å². The maximum Gasteiger partial charge on any atom is 0.221 e. The Balaban J connectivity index is 2.00. The van der Waals surface area contributed by atoms with Crippen molar-refractivity contribution in [2.45, 2.75) is 19.3 Å². The highest BCUT2D eigenvalue weighted by Gasteiger charge is 2.12. The standard InChI is InChI=1S/C9H18N2O2/c12-8-4-10-9(13)3-7-11-5-1-2-6-11/h12H,1-8H2,(H,10,13). The molecule has 1 aliphatic rings. The average Bonchev–Trinajstić information content (AvgIpc) is 2.64. The van der Waals surface area contributed by atoms with E-state index in [1.54, 1.807) is 0 Å². The van der Waals surface area contributed by atoms with Gasteiger partial charge in [-0.2, -0.15) is 0 Å². The highest BCUT2D eigenvalue weighted by molar-refractivity contribution is 5.76. The second kappa shape index (κ2) is 5.94. The normalized spacial score (nSPS) is 17.6. The number of nitrogens with zero attached hydrogens (tertiary/aromatic N) is 1. The van der Waals surface area contributed by atoms with Gasteiger partial charge in [0, 0.05) is 19.5 Å². The number of carbonyl (C=O) groups excluding carboxylic acids is 1. The van der Waals surface area contributed by atoms with Gasteiger partial charge >= 0.3 is 0 Å². The van der Waals surface area contributed by atoms with Gasteiger partial charge in [-0.3, -0.25) is 4.79 Å². The minimum Gasteiger partial charge on any atom is -0.395 e. The Hall–Kier alpha value is -0.610. The molecule has 0 atom stereocenters. The van der Waals surface area contributed by atoms with Crippen molar-refractivity contribution in [1.29, 1.82) is 0 Å². The molecule has 0 spiro atoms. The van der Waals surface area contributed by atoms with Gasteiger partial charge in [-0.25, -0.2) is 0 Å². The minimum absolute atomic E-state index is 0.0233. The van der Waals surface area contributed by atoms with Crippen LogP contribution in [0.25, 0.3) is 0 Å². The molecule has 1 amide bonds. The molecule has 1 rings (SSSR count). The predicted octanol–water partition coefficient (Wildman–Crippen LogP) is -0.419. The first-order chi connectivity index (χ1) is 6.33. The third kappa shape index (κ3) is 4.24. The van der Waals surface area contributed by atoms with Crippen LogP contribution in [0.2, 0.25) is 0 Å².